The molecule has 0 aliphatic carbocycles. The Labute approximate surface area is 226 Å². The van der Waals surface area contributed by atoms with Crippen LogP contribution in [-0.2, 0) is 25.5 Å². The van der Waals surface area contributed by atoms with Gasteiger partial charge in [0.15, 0.2) is 9.84 Å². The molecule has 40 heavy (non-hydrogen) atoms. The molecule has 14 heteroatoms. The van der Waals surface area contributed by atoms with E-state index < -0.39 is 61.2 Å². The maximum atomic E-state index is 14.4. The maximum absolute atomic E-state index is 14.4. The van der Waals surface area contributed by atoms with Crippen molar-refractivity contribution >= 4 is 19.9 Å². The van der Waals surface area contributed by atoms with Gasteiger partial charge in [0.2, 0.25) is 15.6 Å². The molecule has 3 aromatic carbocycles. The Hall–Kier alpha value is -3.38. The molecule has 6 nitrogen and oxygen atoms in total. The zero-order valence-electron chi connectivity index (χ0n) is 20.5. The Balaban J connectivity index is 2.14. The largest absolute Gasteiger partial charge is 0.433 e. The molecule has 0 saturated carbocycles. The van der Waals surface area contributed by atoms with Crippen LogP contribution in [0.4, 0.5) is 26.3 Å². The summed E-state index contributed by atoms with van der Waals surface area (Å²) in [5, 5.41) is 10.9. The van der Waals surface area contributed by atoms with Crippen LogP contribution >= 0.6 is 0 Å². The van der Waals surface area contributed by atoms with E-state index in [0.29, 0.717) is 0 Å². The van der Waals surface area contributed by atoms with Crippen LogP contribution in [0.5, 0.6) is 0 Å². The molecule has 0 heterocycles. The molecule has 0 saturated heterocycles. The van der Waals surface area contributed by atoms with Crippen molar-refractivity contribution < 1.29 is 48.3 Å². The molecule has 3 rings (SSSR count). The number of aliphatic hydroxyl groups is 1. The number of hydrogen-bond acceptors (Lipinski definition) is 5. The summed E-state index contributed by atoms with van der Waals surface area (Å²) in [5.74, 6) is 3.97. The highest BCUT2D eigenvalue weighted by molar-refractivity contribution is 7.90. The lowest BCUT2D eigenvalue weighted by Gasteiger charge is -2.28. The van der Waals surface area contributed by atoms with Gasteiger partial charge in [-0.3, -0.25) is 0 Å². The van der Waals surface area contributed by atoms with Crippen molar-refractivity contribution in [1.29, 1.82) is 0 Å². The van der Waals surface area contributed by atoms with Gasteiger partial charge in [0, 0.05) is 29.5 Å². The van der Waals surface area contributed by atoms with Gasteiger partial charge in [-0.15, -0.1) is 0 Å². The number of rotatable bonds is 7. The molecule has 1 unspecified atom stereocenters. The van der Waals surface area contributed by atoms with E-state index in [2.05, 4.69) is 5.92 Å². The Morgan fingerprint density at radius 3 is 1.90 bits per heavy atom. The van der Waals surface area contributed by atoms with Crippen molar-refractivity contribution in [1.82, 2.24) is 4.72 Å². The first-order valence-corrected chi connectivity index (χ1v) is 14.6. The smallest absolute Gasteiger partial charge is 0.366 e. The summed E-state index contributed by atoms with van der Waals surface area (Å²) in [6.07, 6.45) is -10.6. The second-order valence-corrected chi connectivity index (χ2v) is 12.3. The lowest BCUT2D eigenvalue weighted by Crippen LogP contribution is -2.41. The predicted molar refractivity (Wildman–Crippen MR) is 134 cm³/mol. The molecule has 0 radical (unpaired) electrons. The van der Waals surface area contributed by atoms with Crippen molar-refractivity contribution in [2.24, 2.45) is 0 Å². The highest BCUT2D eigenvalue weighted by atomic mass is 32.2. The van der Waals surface area contributed by atoms with Crippen molar-refractivity contribution in [2.45, 2.75) is 34.2 Å². The first-order chi connectivity index (χ1) is 18.4. The molecule has 0 aromatic heterocycles. The number of sulfone groups is 1. The van der Waals surface area contributed by atoms with Gasteiger partial charge in [-0.2, -0.15) is 26.3 Å². The number of sulfonamides is 1. The second-order valence-electron chi connectivity index (χ2n) is 8.56. The highest BCUT2D eigenvalue weighted by Crippen LogP contribution is 2.43. The normalized spacial score (nSPS) is 14.2. The first-order valence-electron chi connectivity index (χ1n) is 11.2. The third-order valence-corrected chi connectivity index (χ3v) is 8.21. The topological polar surface area (TPSA) is 101 Å². The van der Waals surface area contributed by atoms with E-state index >= 15 is 0 Å². The molecule has 0 amide bonds. The monoisotopic (exact) mass is 605 g/mol. The lowest BCUT2D eigenvalue weighted by atomic mass is 9.86. The first kappa shape index (κ1) is 31.2. The molecular formula is C26H21F6NO5S2. The molecule has 0 aliphatic rings. The average Bonchev–Trinajstić information content (AvgIpc) is 2.85. The van der Waals surface area contributed by atoms with Crippen molar-refractivity contribution in [3.8, 4) is 23.0 Å². The van der Waals surface area contributed by atoms with Gasteiger partial charge in [0.25, 0.3) is 0 Å². The number of halogens is 6. The van der Waals surface area contributed by atoms with Crippen molar-refractivity contribution in [3.63, 3.8) is 0 Å². The Bertz CT molecular complexity index is 1660. The Morgan fingerprint density at radius 1 is 0.800 bits per heavy atom. The molecular weight excluding hydrogens is 584 g/mol. The van der Waals surface area contributed by atoms with Crippen LogP contribution in [0, 0.1) is 11.8 Å². The molecule has 3 aromatic rings. The molecule has 0 spiro atoms. The van der Waals surface area contributed by atoms with E-state index in [0.717, 1.165) is 60.9 Å². The maximum Gasteiger partial charge on any atom is 0.433 e. The minimum atomic E-state index is -5.40. The van der Waals surface area contributed by atoms with Crippen molar-refractivity contribution in [2.75, 3.05) is 12.8 Å². The fraction of sp³-hybridized carbons (Fsp3) is 0.231. The van der Waals surface area contributed by atoms with Crippen LogP contribution in [-0.4, -0.2) is 47.1 Å². The summed E-state index contributed by atoms with van der Waals surface area (Å²) in [4.78, 5) is -0.713. The van der Waals surface area contributed by atoms with E-state index in [1.807, 2.05) is 0 Å². The van der Waals surface area contributed by atoms with E-state index in [-0.39, 0.29) is 21.6 Å². The zero-order valence-corrected chi connectivity index (χ0v) is 22.1. The van der Waals surface area contributed by atoms with Crippen LogP contribution in [0.3, 0.4) is 0 Å². The summed E-state index contributed by atoms with van der Waals surface area (Å²) in [7, 11) is -8.21. The van der Waals surface area contributed by atoms with Crippen LogP contribution in [0.2, 0.25) is 0 Å². The molecule has 1 atom stereocenters. The Kier molecular flexibility index (Phi) is 8.76. The average molecular weight is 606 g/mol. The summed E-state index contributed by atoms with van der Waals surface area (Å²) in [6, 6.07) is 13.7. The van der Waals surface area contributed by atoms with Crippen molar-refractivity contribution in [3.05, 3.63) is 83.9 Å². The van der Waals surface area contributed by atoms with Gasteiger partial charge in [-0.25, -0.2) is 21.6 Å². The predicted octanol–water partition coefficient (Wildman–Crippen LogP) is 4.79. The number of alkyl halides is 6. The van der Waals surface area contributed by atoms with Gasteiger partial charge >= 0.3 is 12.4 Å². The minimum Gasteiger partial charge on any atom is -0.366 e. The quantitative estimate of drug-likeness (QED) is 0.298. The summed E-state index contributed by atoms with van der Waals surface area (Å²) in [6.45, 7) is -1.00. The van der Waals surface area contributed by atoms with Gasteiger partial charge in [0.05, 0.1) is 16.2 Å². The zero-order chi connectivity index (χ0) is 30.0. The summed E-state index contributed by atoms with van der Waals surface area (Å²) < 4.78 is 131. The van der Waals surface area contributed by atoms with E-state index in [4.69, 9.17) is 0 Å². The van der Waals surface area contributed by atoms with Crippen LogP contribution < -0.4 is 4.72 Å². The minimum absolute atomic E-state index is 0.0515. The number of nitrogens with one attached hydrogen (secondary N) is 1. The SMILES string of the molecule is CS(=O)(=O)c1ccc(C#CC(O)(c2ccccc2-c2ccccc2S(=O)(=O)NCCC(F)(F)F)C(F)(F)F)cc1. The number of hydrogen-bond donors (Lipinski definition) is 2. The molecule has 2 N–H and O–H groups in total. The standard InChI is InChI=1S/C26H21F6NO5S2/c1-39(35,36)19-12-10-18(11-13-19)14-15-24(34,26(30,31)32)22-8-4-2-6-20(22)21-7-3-5-9-23(21)40(37,38)33-17-16-25(27,28)29/h2-13,33-34H,16-17H2,1H3. The van der Waals surface area contributed by atoms with E-state index in [1.165, 1.54) is 18.2 Å². The summed E-state index contributed by atoms with van der Waals surface area (Å²) in [5.41, 5.74) is -5.43. The Morgan fingerprint density at radius 2 is 1.35 bits per heavy atom. The molecule has 0 aliphatic heterocycles. The van der Waals surface area contributed by atoms with E-state index in [9.17, 15) is 48.3 Å². The van der Waals surface area contributed by atoms with Crippen LogP contribution in [0.1, 0.15) is 17.5 Å². The lowest BCUT2D eigenvalue weighted by molar-refractivity contribution is -0.240. The second kappa shape index (κ2) is 11.2. The molecule has 0 bridgehead atoms. The summed E-state index contributed by atoms with van der Waals surface area (Å²) >= 11 is 0. The molecule has 0 fully saturated rings. The van der Waals surface area contributed by atoms with Gasteiger partial charge in [-0.1, -0.05) is 48.4 Å². The van der Waals surface area contributed by atoms with Crippen LogP contribution in [0.15, 0.2) is 82.6 Å². The fourth-order valence-electron chi connectivity index (χ4n) is 3.60. The number of benzene rings is 3. The van der Waals surface area contributed by atoms with Gasteiger partial charge in [0.1, 0.15) is 0 Å². The van der Waals surface area contributed by atoms with Crippen LogP contribution in [0.25, 0.3) is 11.1 Å². The van der Waals surface area contributed by atoms with E-state index in [1.54, 1.807) is 10.6 Å². The third-order valence-electron chi connectivity index (χ3n) is 5.56. The molecule has 214 valence electrons. The van der Waals surface area contributed by atoms with Gasteiger partial charge < -0.3 is 5.11 Å². The highest BCUT2D eigenvalue weighted by Gasteiger charge is 2.55. The fourth-order valence-corrected chi connectivity index (χ4v) is 5.48. The third kappa shape index (κ3) is 7.22. The van der Waals surface area contributed by atoms with Gasteiger partial charge in [-0.05, 0) is 41.8 Å².